The van der Waals surface area contributed by atoms with Crippen molar-refractivity contribution in [3.8, 4) is 6.07 Å². The molecule has 0 aromatic heterocycles. The average molecular weight is 422 g/mol. The van der Waals surface area contributed by atoms with Crippen LogP contribution in [0.4, 0.5) is 5.69 Å². The van der Waals surface area contributed by atoms with Gasteiger partial charge in [0.1, 0.15) is 11.6 Å². The van der Waals surface area contributed by atoms with Gasteiger partial charge in [-0.2, -0.15) is 5.26 Å². The van der Waals surface area contributed by atoms with E-state index in [1.165, 1.54) is 30.3 Å². The lowest BCUT2D eigenvalue weighted by Crippen LogP contribution is -2.36. The van der Waals surface area contributed by atoms with E-state index in [2.05, 4.69) is 5.32 Å². The maximum atomic E-state index is 12.5. The lowest BCUT2D eigenvalue weighted by Gasteiger charge is -2.22. The Hall–Kier alpha value is -3.11. The third-order valence-electron chi connectivity index (χ3n) is 5.04. The van der Waals surface area contributed by atoms with Crippen molar-refractivity contribution in [3.05, 3.63) is 69.3 Å². The van der Waals surface area contributed by atoms with Gasteiger partial charge in [-0.05, 0) is 49.6 Å². The van der Waals surface area contributed by atoms with Crippen LogP contribution in [-0.2, 0) is 4.79 Å². The number of amides is 1. The summed E-state index contributed by atoms with van der Waals surface area (Å²) in [6.45, 7) is 1.98. The smallest absolute Gasteiger partial charge is 0.283 e. The number of aryl methyl sites for hydroxylation is 1. The van der Waals surface area contributed by atoms with Gasteiger partial charge in [0.2, 0.25) is 0 Å². The molecule has 1 saturated carbocycles. The van der Waals surface area contributed by atoms with Crippen molar-refractivity contribution in [2.45, 2.75) is 54.9 Å². The Morgan fingerprint density at radius 2 is 1.90 bits per heavy atom. The van der Waals surface area contributed by atoms with Crippen LogP contribution in [0.5, 0.6) is 0 Å². The van der Waals surface area contributed by atoms with Crippen LogP contribution in [-0.4, -0.2) is 16.9 Å². The number of benzene rings is 2. The van der Waals surface area contributed by atoms with Gasteiger partial charge in [-0.15, -0.1) is 0 Å². The minimum Gasteiger partial charge on any atom is -0.349 e. The van der Waals surface area contributed by atoms with Crippen LogP contribution in [0.1, 0.15) is 43.2 Å². The van der Waals surface area contributed by atoms with E-state index in [4.69, 9.17) is 0 Å². The summed E-state index contributed by atoms with van der Waals surface area (Å²) in [5.74, 6) is -0.426. The predicted molar refractivity (Wildman–Crippen MR) is 117 cm³/mol. The van der Waals surface area contributed by atoms with E-state index >= 15 is 0 Å². The zero-order chi connectivity index (χ0) is 21.5. The zero-order valence-corrected chi connectivity index (χ0v) is 17.6. The van der Waals surface area contributed by atoms with Gasteiger partial charge in [-0.1, -0.05) is 54.8 Å². The predicted octanol–water partition coefficient (Wildman–Crippen LogP) is 5.41. The topological polar surface area (TPSA) is 96.0 Å². The minimum absolute atomic E-state index is 0.0474. The van der Waals surface area contributed by atoms with Crippen LogP contribution >= 0.6 is 11.8 Å². The van der Waals surface area contributed by atoms with E-state index in [1.54, 1.807) is 12.1 Å². The summed E-state index contributed by atoms with van der Waals surface area (Å²) in [6, 6.07) is 14.5. The molecule has 7 heteroatoms. The van der Waals surface area contributed by atoms with Gasteiger partial charge in [0.05, 0.1) is 9.82 Å². The second-order valence-corrected chi connectivity index (χ2v) is 8.49. The molecule has 0 radical (unpaired) electrons. The van der Waals surface area contributed by atoms with Crippen LogP contribution in [0.25, 0.3) is 6.08 Å². The second kappa shape index (κ2) is 10.1. The quantitative estimate of drug-likeness (QED) is 0.291. The number of hydrogen-bond donors (Lipinski definition) is 1. The average Bonchev–Trinajstić information content (AvgIpc) is 2.75. The second-order valence-electron chi connectivity index (χ2n) is 7.38. The molecule has 0 bridgehead atoms. The van der Waals surface area contributed by atoms with Crippen molar-refractivity contribution in [2.24, 2.45) is 0 Å². The molecular formula is C23H23N3O3S. The number of nitriles is 1. The number of carbonyl (C=O) groups is 1. The summed E-state index contributed by atoms with van der Waals surface area (Å²) < 4.78 is 0. The molecule has 0 heterocycles. The standard InChI is InChI=1S/C23H23N3O3S/c1-16-7-10-20(11-8-16)30-22-12-9-17(14-21(22)26(28)29)13-18(15-24)23(27)25-19-5-3-2-4-6-19/h7-14,19H,2-6H2,1H3,(H,25,27)/b18-13-. The summed E-state index contributed by atoms with van der Waals surface area (Å²) in [5.41, 5.74) is 1.46. The fraction of sp³-hybridized carbons (Fsp3) is 0.304. The molecule has 1 fully saturated rings. The maximum absolute atomic E-state index is 12.5. The SMILES string of the molecule is Cc1ccc(Sc2ccc(/C=C(/C#N)C(=O)NC3CCCCC3)cc2[N+](=O)[O-])cc1. The van der Waals surface area contributed by atoms with E-state index in [-0.39, 0.29) is 17.3 Å². The van der Waals surface area contributed by atoms with E-state index < -0.39 is 10.8 Å². The number of nitrogens with one attached hydrogen (secondary N) is 1. The van der Waals surface area contributed by atoms with Crippen LogP contribution in [0.3, 0.4) is 0 Å². The van der Waals surface area contributed by atoms with Crippen molar-refractivity contribution in [1.29, 1.82) is 5.26 Å². The largest absolute Gasteiger partial charge is 0.349 e. The molecule has 1 aliphatic carbocycles. The highest BCUT2D eigenvalue weighted by Crippen LogP contribution is 2.35. The third-order valence-corrected chi connectivity index (χ3v) is 6.12. The summed E-state index contributed by atoms with van der Waals surface area (Å²) >= 11 is 1.31. The van der Waals surface area contributed by atoms with Crippen molar-refractivity contribution in [3.63, 3.8) is 0 Å². The fourth-order valence-corrected chi connectivity index (χ4v) is 4.31. The first-order chi connectivity index (χ1) is 14.5. The van der Waals surface area contributed by atoms with E-state index in [0.717, 1.165) is 36.1 Å². The van der Waals surface area contributed by atoms with Crippen LogP contribution in [0.2, 0.25) is 0 Å². The number of nitrogens with zero attached hydrogens (tertiary/aromatic N) is 2. The molecule has 1 aliphatic rings. The number of rotatable bonds is 6. The van der Waals surface area contributed by atoms with E-state index in [1.807, 2.05) is 37.3 Å². The van der Waals surface area contributed by atoms with Crippen LogP contribution < -0.4 is 5.32 Å². The van der Waals surface area contributed by atoms with Crippen LogP contribution in [0, 0.1) is 28.4 Å². The third kappa shape index (κ3) is 5.71. The van der Waals surface area contributed by atoms with Gasteiger partial charge >= 0.3 is 0 Å². The van der Waals surface area contributed by atoms with Gasteiger partial charge in [0, 0.05) is 17.0 Å². The number of carbonyl (C=O) groups excluding carboxylic acids is 1. The Morgan fingerprint density at radius 1 is 1.20 bits per heavy atom. The summed E-state index contributed by atoms with van der Waals surface area (Å²) in [4.78, 5) is 25.0. The van der Waals surface area contributed by atoms with Gasteiger partial charge < -0.3 is 5.32 Å². The fourth-order valence-electron chi connectivity index (χ4n) is 3.41. The molecule has 1 N–H and O–H groups in total. The van der Waals surface area contributed by atoms with Crippen molar-refractivity contribution >= 4 is 29.4 Å². The van der Waals surface area contributed by atoms with Crippen molar-refractivity contribution < 1.29 is 9.72 Å². The number of hydrogen-bond acceptors (Lipinski definition) is 5. The van der Waals surface area contributed by atoms with Crippen molar-refractivity contribution in [2.75, 3.05) is 0 Å². The first-order valence-electron chi connectivity index (χ1n) is 9.92. The zero-order valence-electron chi connectivity index (χ0n) is 16.8. The number of nitro groups is 1. The lowest BCUT2D eigenvalue weighted by molar-refractivity contribution is -0.387. The first kappa shape index (κ1) is 21.6. The Bertz CT molecular complexity index is 1000. The molecule has 2 aromatic rings. The van der Waals surface area contributed by atoms with E-state index in [9.17, 15) is 20.2 Å². The molecule has 3 rings (SSSR count). The molecule has 1 amide bonds. The molecule has 0 aliphatic heterocycles. The molecule has 154 valence electrons. The molecule has 0 spiro atoms. The highest BCUT2D eigenvalue weighted by atomic mass is 32.2. The van der Waals surface area contributed by atoms with Crippen molar-refractivity contribution in [1.82, 2.24) is 5.32 Å². The monoisotopic (exact) mass is 421 g/mol. The summed E-state index contributed by atoms with van der Waals surface area (Å²) in [5, 5.41) is 23.9. The normalized spacial score (nSPS) is 14.7. The molecular weight excluding hydrogens is 398 g/mol. The molecule has 6 nitrogen and oxygen atoms in total. The summed E-state index contributed by atoms with van der Waals surface area (Å²) in [7, 11) is 0. The highest BCUT2D eigenvalue weighted by molar-refractivity contribution is 7.99. The first-order valence-corrected chi connectivity index (χ1v) is 10.7. The Morgan fingerprint density at radius 3 is 2.53 bits per heavy atom. The van der Waals surface area contributed by atoms with Gasteiger partial charge in [-0.25, -0.2) is 0 Å². The molecule has 0 unspecified atom stereocenters. The molecule has 0 saturated heterocycles. The van der Waals surface area contributed by atoms with Gasteiger partial charge in [0.15, 0.2) is 0 Å². The molecule has 30 heavy (non-hydrogen) atoms. The Balaban J connectivity index is 1.81. The van der Waals surface area contributed by atoms with Gasteiger partial charge in [-0.3, -0.25) is 14.9 Å². The lowest BCUT2D eigenvalue weighted by atomic mass is 9.95. The maximum Gasteiger partial charge on any atom is 0.283 e. The molecule has 2 aromatic carbocycles. The van der Waals surface area contributed by atoms with E-state index in [0.29, 0.717) is 10.5 Å². The van der Waals surface area contributed by atoms with Gasteiger partial charge in [0.25, 0.3) is 11.6 Å². The molecule has 0 atom stereocenters. The Kier molecular flexibility index (Phi) is 7.26. The summed E-state index contributed by atoms with van der Waals surface area (Å²) in [6.07, 6.45) is 6.56. The number of nitro benzene ring substituents is 1. The van der Waals surface area contributed by atoms with Crippen LogP contribution in [0.15, 0.2) is 57.8 Å². The minimum atomic E-state index is -0.442. The highest BCUT2D eigenvalue weighted by Gasteiger charge is 2.19. The Labute approximate surface area is 180 Å².